The molecule has 1 aliphatic carbocycles. The van der Waals surface area contributed by atoms with Crippen LogP contribution in [-0.2, 0) is 19.4 Å². The quantitative estimate of drug-likeness (QED) is 0.365. The molecule has 1 heterocycles. The lowest BCUT2D eigenvalue weighted by Gasteiger charge is -2.56. The van der Waals surface area contributed by atoms with Crippen molar-refractivity contribution in [2.45, 2.75) is 63.6 Å². The first kappa shape index (κ1) is 29.2. The standard InChI is InChI=1S/C29H35Cl2NO5S/c1-3-38(36,37)18-26(19-7-8-19)32-27(17-34)29(2,14-24(35)16-33)15-25(21-5-4-6-23(31)13-21)28(32)20-9-11-22(30)12-10-20/h4-6,9-13,17,19,25-28,33H,3,7-8,14-16,18H2,1-2H3. The number of hydrogen-bond acceptors (Lipinski definition) is 6. The Morgan fingerprint density at radius 1 is 1.13 bits per heavy atom. The predicted octanol–water partition coefficient (Wildman–Crippen LogP) is 5.26. The van der Waals surface area contributed by atoms with Crippen LogP contribution in [0.15, 0.2) is 48.5 Å². The molecule has 2 aromatic rings. The second kappa shape index (κ2) is 11.8. The number of sulfone groups is 1. The Bertz CT molecular complexity index is 1260. The minimum Gasteiger partial charge on any atom is -0.389 e. The van der Waals surface area contributed by atoms with Crippen LogP contribution in [0.25, 0.3) is 0 Å². The Hall–Kier alpha value is -1.77. The molecule has 5 unspecified atom stereocenters. The number of aliphatic hydroxyl groups is 1. The Kier molecular flexibility index (Phi) is 9.05. The fraction of sp³-hybridized carbons (Fsp3) is 0.517. The van der Waals surface area contributed by atoms with Crippen LogP contribution in [0.1, 0.15) is 62.6 Å². The van der Waals surface area contributed by atoms with Crippen molar-refractivity contribution in [1.29, 1.82) is 0 Å². The topological polar surface area (TPSA) is 91.8 Å². The summed E-state index contributed by atoms with van der Waals surface area (Å²) in [7, 11) is -3.38. The fourth-order valence-electron chi connectivity index (χ4n) is 6.23. The molecular weight excluding hydrogens is 545 g/mol. The maximum absolute atomic E-state index is 13.0. The number of aldehydes is 1. The molecule has 2 fully saturated rings. The van der Waals surface area contributed by atoms with Crippen LogP contribution in [0, 0.1) is 11.3 Å². The van der Waals surface area contributed by atoms with Gasteiger partial charge in [-0.25, -0.2) is 8.42 Å². The predicted molar refractivity (Wildman–Crippen MR) is 150 cm³/mol. The van der Waals surface area contributed by atoms with Crippen molar-refractivity contribution >= 4 is 45.1 Å². The molecule has 1 saturated heterocycles. The summed E-state index contributed by atoms with van der Waals surface area (Å²) < 4.78 is 26.0. The summed E-state index contributed by atoms with van der Waals surface area (Å²) in [5.41, 5.74) is 1.03. The lowest BCUT2D eigenvalue weighted by atomic mass is 9.63. The van der Waals surface area contributed by atoms with Gasteiger partial charge in [0, 0.05) is 40.2 Å². The molecule has 0 spiro atoms. The summed E-state index contributed by atoms with van der Waals surface area (Å²) in [6, 6.07) is 13.5. The highest BCUT2D eigenvalue weighted by Gasteiger charge is 2.55. The first-order valence-corrected chi connectivity index (χ1v) is 15.7. The zero-order valence-corrected chi connectivity index (χ0v) is 24.1. The van der Waals surface area contributed by atoms with Gasteiger partial charge in [-0.1, -0.05) is 61.3 Å². The molecule has 1 aliphatic heterocycles. The van der Waals surface area contributed by atoms with Crippen molar-refractivity contribution in [2.75, 3.05) is 18.1 Å². The van der Waals surface area contributed by atoms with Gasteiger partial charge in [-0.15, -0.1) is 0 Å². The molecule has 1 N–H and O–H groups in total. The zero-order valence-electron chi connectivity index (χ0n) is 21.7. The number of nitrogens with zero attached hydrogens (tertiary/aromatic N) is 1. The van der Waals surface area contributed by atoms with Crippen LogP contribution < -0.4 is 0 Å². The third-order valence-electron chi connectivity index (χ3n) is 8.23. The summed E-state index contributed by atoms with van der Waals surface area (Å²) in [6.07, 6.45) is 3.12. The number of halogens is 2. The summed E-state index contributed by atoms with van der Waals surface area (Å²) >= 11 is 12.7. The SMILES string of the molecule is CCS(=O)(=O)CC(C1CC1)N1C(c2ccc(Cl)cc2)C(c2cccc(Cl)c2)CC(C)(CC(=O)CO)C1C=O. The van der Waals surface area contributed by atoms with Gasteiger partial charge in [0.05, 0.1) is 11.8 Å². The number of carbonyl (C=O) groups excluding carboxylic acids is 2. The largest absolute Gasteiger partial charge is 0.389 e. The highest BCUT2D eigenvalue weighted by molar-refractivity contribution is 7.91. The van der Waals surface area contributed by atoms with Crippen molar-refractivity contribution in [2.24, 2.45) is 11.3 Å². The van der Waals surface area contributed by atoms with E-state index < -0.39 is 33.9 Å². The minimum atomic E-state index is -3.38. The van der Waals surface area contributed by atoms with Crippen LogP contribution in [0.3, 0.4) is 0 Å². The third-order valence-corrected chi connectivity index (χ3v) is 10.4. The molecule has 206 valence electrons. The van der Waals surface area contributed by atoms with Crippen LogP contribution in [0.2, 0.25) is 10.0 Å². The lowest BCUT2D eigenvalue weighted by Crippen LogP contribution is -2.61. The van der Waals surface area contributed by atoms with Crippen LogP contribution in [0.4, 0.5) is 0 Å². The molecule has 0 bridgehead atoms. The highest BCUT2D eigenvalue weighted by atomic mass is 35.5. The van der Waals surface area contributed by atoms with Gasteiger partial charge >= 0.3 is 0 Å². The van der Waals surface area contributed by atoms with E-state index in [4.69, 9.17) is 23.2 Å². The zero-order chi connectivity index (χ0) is 27.7. The maximum atomic E-state index is 13.0. The van der Waals surface area contributed by atoms with Gasteiger partial charge in [0.2, 0.25) is 0 Å². The summed E-state index contributed by atoms with van der Waals surface area (Å²) in [4.78, 5) is 27.7. The normalized spacial score (nSPS) is 27.1. The van der Waals surface area contributed by atoms with Gasteiger partial charge in [-0.3, -0.25) is 9.69 Å². The fourth-order valence-corrected chi connectivity index (χ4v) is 7.76. The van der Waals surface area contributed by atoms with E-state index in [1.807, 2.05) is 37.3 Å². The van der Waals surface area contributed by atoms with E-state index in [0.717, 1.165) is 30.3 Å². The molecule has 1 saturated carbocycles. The summed E-state index contributed by atoms with van der Waals surface area (Å²) in [5.74, 6) is -0.468. The van der Waals surface area contributed by atoms with E-state index >= 15 is 0 Å². The molecule has 0 aromatic heterocycles. The number of benzene rings is 2. The van der Waals surface area contributed by atoms with Gasteiger partial charge in [0.15, 0.2) is 15.6 Å². The van der Waals surface area contributed by atoms with Gasteiger partial charge < -0.3 is 9.90 Å². The number of carbonyl (C=O) groups is 2. The van der Waals surface area contributed by atoms with Crippen LogP contribution in [-0.4, -0.2) is 60.7 Å². The van der Waals surface area contributed by atoms with E-state index in [-0.39, 0.29) is 41.6 Å². The average Bonchev–Trinajstić information content (AvgIpc) is 3.73. The van der Waals surface area contributed by atoms with Crippen molar-refractivity contribution in [1.82, 2.24) is 4.90 Å². The second-order valence-electron chi connectivity index (χ2n) is 11.0. The van der Waals surface area contributed by atoms with Gasteiger partial charge in [0.25, 0.3) is 0 Å². The monoisotopic (exact) mass is 579 g/mol. The van der Waals surface area contributed by atoms with E-state index in [0.29, 0.717) is 16.5 Å². The van der Waals surface area contributed by atoms with Gasteiger partial charge in [-0.2, -0.15) is 0 Å². The van der Waals surface area contributed by atoms with Crippen molar-refractivity contribution in [3.63, 3.8) is 0 Å². The van der Waals surface area contributed by atoms with Gasteiger partial charge in [0.1, 0.15) is 12.9 Å². The molecule has 5 atom stereocenters. The first-order valence-electron chi connectivity index (χ1n) is 13.1. The molecule has 38 heavy (non-hydrogen) atoms. The minimum absolute atomic E-state index is 0.00568. The molecule has 2 aliphatic rings. The molecular formula is C29H35Cl2NO5S. The Morgan fingerprint density at radius 2 is 1.82 bits per heavy atom. The van der Waals surface area contributed by atoms with E-state index in [2.05, 4.69) is 4.90 Å². The van der Waals surface area contributed by atoms with Crippen LogP contribution >= 0.6 is 23.2 Å². The van der Waals surface area contributed by atoms with Crippen molar-refractivity contribution in [3.05, 3.63) is 69.7 Å². The molecule has 0 amide bonds. The first-order chi connectivity index (χ1) is 18.0. The Labute approximate surface area is 235 Å². The number of likely N-dealkylation sites (tertiary alicyclic amines) is 1. The molecule has 2 aromatic carbocycles. The van der Waals surface area contributed by atoms with Crippen molar-refractivity contribution < 1.29 is 23.1 Å². The number of Topliss-reactive ketones (excluding diaryl/α,β-unsaturated/α-hetero) is 1. The summed E-state index contributed by atoms with van der Waals surface area (Å²) in [5, 5.41) is 10.8. The third kappa shape index (κ3) is 6.34. The molecule has 4 rings (SSSR count). The highest BCUT2D eigenvalue weighted by Crippen LogP contribution is 2.56. The number of aliphatic hydroxyl groups excluding tert-OH is 1. The lowest BCUT2D eigenvalue weighted by molar-refractivity contribution is -0.135. The van der Waals surface area contributed by atoms with E-state index in [9.17, 15) is 23.1 Å². The van der Waals surface area contributed by atoms with Crippen LogP contribution in [0.5, 0.6) is 0 Å². The molecule has 6 nitrogen and oxygen atoms in total. The van der Waals surface area contributed by atoms with Crippen molar-refractivity contribution in [3.8, 4) is 0 Å². The number of ketones is 1. The van der Waals surface area contributed by atoms with Gasteiger partial charge in [-0.05, 0) is 66.0 Å². The smallest absolute Gasteiger partial charge is 0.158 e. The molecule has 0 radical (unpaired) electrons. The van der Waals surface area contributed by atoms with E-state index in [1.165, 1.54) is 0 Å². The average molecular weight is 581 g/mol. The Balaban J connectivity index is 1.96. The Morgan fingerprint density at radius 3 is 2.37 bits per heavy atom. The maximum Gasteiger partial charge on any atom is 0.158 e. The molecule has 9 heteroatoms. The summed E-state index contributed by atoms with van der Waals surface area (Å²) in [6.45, 7) is 2.93. The number of piperidine rings is 1. The van der Waals surface area contributed by atoms with E-state index in [1.54, 1.807) is 25.1 Å². The number of hydrogen-bond donors (Lipinski definition) is 1. The number of rotatable bonds is 11. The second-order valence-corrected chi connectivity index (χ2v) is 14.3.